The summed E-state index contributed by atoms with van der Waals surface area (Å²) in [5, 5.41) is 3.40. The maximum atomic E-state index is 12.9. The number of anilines is 1. The number of nitrogens with zero attached hydrogens (tertiary/aromatic N) is 2. The molecule has 2 N–H and O–H groups in total. The number of rotatable bonds is 6. The summed E-state index contributed by atoms with van der Waals surface area (Å²) in [6, 6.07) is 5.67. The summed E-state index contributed by atoms with van der Waals surface area (Å²) in [4.78, 5) is 35.3. The largest absolute Gasteiger partial charge is 0.490 e. The summed E-state index contributed by atoms with van der Waals surface area (Å²) in [5.41, 5.74) is 2.03. The van der Waals surface area contributed by atoms with E-state index in [0.717, 1.165) is 12.1 Å². The van der Waals surface area contributed by atoms with Crippen molar-refractivity contribution < 1.29 is 9.53 Å². The molecule has 2 aromatic heterocycles. The summed E-state index contributed by atoms with van der Waals surface area (Å²) >= 11 is 1.22. The molecule has 0 aliphatic heterocycles. The molecule has 3 aromatic rings. The lowest BCUT2D eigenvalue weighted by molar-refractivity contribution is 0.102. The number of amides is 1. The van der Waals surface area contributed by atoms with Gasteiger partial charge in [0.2, 0.25) is 0 Å². The molecule has 0 atom stereocenters. The van der Waals surface area contributed by atoms with Crippen LogP contribution in [0.15, 0.2) is 23.0 Å². The molecule has 0 radical (unpaired) electrons. The summed E-state index contributed by atoms with van der Waals surface area (Å²) in [6.45, 7) is 6.73. The van der Waals surface area contributed by atoms with Gasteiger partial charge in [0.1, 0.15) is 23.0 Å². The Morgan fingerprint density at radius 1 is 1.29 bits per heavy atom. The van der Waals surface area contributed by atoms with Gasteiger partial charge in [0.25, 0.3) is 11.5 Å². The topological polar surface area (TPSA) is 87.3 Å². The van der Waals surface area contributed by atoms with Gasteiger partial charge in [0, 0.05) is 6.54 Å². The Morgan fingerprint density at radius 2 is 2.04 bits per heavy atom. The van der Waals surface area contributed by atoms with E-state index in [1.807, 2.05) is 44.1 Å². The first kappa shape index (κ1) is 20.0. The van der Waals surface area contributed by atoms with Crippen LogP contribution < -0.4 is 15.6 Å². The Labute approximate surface area is 167 Å². The van der Waals surface area contributed by atoms with E-state index < -0.39 is 0 Å². The number of likely N-dealkylation sites (N-methyl/N-ethyl adjacent to an activating group) is 1. The van der Waals surface area contributed by atoms with Crippen molar-refractivity contribution in [2.24, 2.45) is 0 Å². The molecule has 0 aliphatic rings. The van der Waals surface area contributed by atoms with Crippen LogP contribution in [0.25, 0.3) is 10.2 Å². The molecule has 0 saturated heterocycles. The number of aromatic amines is 1. The van der Waals surface area contributed by atoms with Crippen molar-refractivity contribution in [1.82, 2.24) is 14.9 Å². The van der Waals surface area contributed by atoms with Gasteiger partial charge in [-0.2, -0.15) is 0 Å². The first-order valence-electron chi connectivity index (χ1n) is 8.96. The molecule has 3 rings (SSSR count). The van der Waals surface area contributed by atoms with Crippen molar-refractivity contribution >= 4 is 33.1 Å². The molecular formula is C20H24N4O3S. The van der Waals surface area contributed by atoms with Gasteiger partial charge in [-0.05, 0) is 58.1 Å². The summed E-state index contributed by atoms with van der Waals surface area (Å²) in [7, 11) is 3.95. The van der Waals surface area contributed by atoms with Gasteiger partial charge in [0.15, 0.2) is 0 Å². The fourth-order valence-electron chi connectivity index (χ4n) is 2.85. The molecule has 2 heterocycles. The van der Waals surface area contributed by atoms with Crippen molar-refractivity contribution in [3.05, 3.63) is 50.4 Å². The van der Waals surface area contributed by atoms with Crippen LogP contribution in [0.2, 0.25) is 0 Å². The molecule has 0 aliphatic carbocycles. The van der Waals surface area contributed by atoms with Crippen LogP contribution in [0.1, 0.15) is 26.6 Å². The van der Waals surface area contributed by atoms with Crippen LogP contribution in [0, 0.1) is 20.8 Å². The van der Waals surface area contributed by atoms with Crippen LogP contribution in [-0.4, -0.2) is 48.0 Å². The minimum Gasteiger partial charge on any atom is -0.490 e. The van der Waals surface area contributed by atoms with Crippen molar-refractivity contribution in [1.29, 1.82) is 0 Å². The molecule has 28 heavy (non-hydrogen) atoms. The first-order valence-corrected chi connectivity index (χ1v) is 9.77. The van der Waals surface area contributed by atoms with Gasteiger partial charge in [-0.25, -0.2) is 4.98 Å². The average Bonchev–Trinajstić information content (AvgIpc) is 2.93. The number of carbonyl (C=O) groups excluding carboxylic acids is 1. The number of aromatic nitrogens is 2. The second kappa shape index (κ2) is 8.12. The Hall–Kier alpha value is -2.71. The van der Waals surface area contributed by atoms with E-state index >= 15 is 0 Å². The Morgan fingerprint density at radius 3 is 2.75 bits per heavy atom. The molecule has 0 unspecified atom stereocenters. The third kappa shape index (κ3) is 4.23. The van der Waals surface area contributed by atoms with Crippen molar-refractivity contribution in [2.75, 3.05) is 32.6 Å². The minimum atomic E-state index is -0.277. The lowest BCUT2D eigenvalue weighted by Crippen LogP contribution is -2.20. The Bertz CT molecular complexity index is 1080. The van der Waals surface area contributed by atoms with Gasteiger partial charge in [0.05, 0.1) is 16.0 Å². The molecule has 0 spiro atoms. The fraction of sp³-hybridized carbons (Fsp3) is 0.350. The number of thiophene rings is 1. The molecule has 8 heteroatoms. The fourth-order valence-corrected chi connectivity index (χ4v) is 3.98. The molecule has 148 valence electrons. The van der Waals surface area contributed by atoms with E-state index in [1.165, 1.54) is 11.3 Å². The summed E-state index contributed by atoms with van der Waals surface area (Å²) in [6.07, 6.45) is 0. The second-order valence-electron chi connectivity index (χ2n) is 6.99. The standard InChI is InChI=1S/C20H24N4O3S/c1-11-6-7-15(27-9-8-24(4)5)14(10-11)23-19(26)17-12(2)16-18(25)21-13(3)22-20(16)28-17/h6-7,10H,8-9H2,1-5H3,(H,23,26)(H,21,22,25). The zero-order chi connectivity index (χ0) is 20.4. The molecule has 7 nitrogen and oxygen atoms in total. The van der Waals surface area contributed by atoms with Gasteiger partial charge in [-0.15, -0.1) is 11.3 Å². The number of hydrogen-bond donors (Lipinski definition) is 2. The highest BCUT2D eigenvalue weighted by Crippen LogP contribution is 2.30. The lowest BCUT2D eigenvalue weighted by atomic mass is 10.2. The number of aryl methyl sites for hydroxylation is 3. The molecular weight excluding hydrogens is 376 g/mol. The van der Waals surface area contributed by atoms with Crippen LogP contribution >= 0.6 is 11.3 Å². The van der Waals surface area contributed by atoms with E-state index in [0.29, 0.717) is 44.5 Å². The van der Waals surface area contributed by atoms with Gasteiger partial charge in [-0.3, -0.25) is 9.59 Å². The zero-order valence-electron chi connectivity index (χ0n) is 16.7. The first-order chi connectivity index (χ1) is 13.3. The third-order valence-corrected chi connectivity index (χ3v) is 5.49. The SMILES string of the molecule is Cc1ccc(OCCN(C)C)c(NC(=O)c2sc3nc(C)[nH]c(=O)c3c2C)c1. The molecule has 0 saturated carbocycles. The highest BCUT2D eigenvalue weighted by atomic mass is 32.1. The predicted molar refractivity (Wildman–Crippen MR) is 113 cm³/mol. The van der Waals surface area contributed by atoms with Gasteiger partial charge < -0.3 is 19.9 Å². The van der Waals surface area contributed by atoms with E-state index in [2.05, 4.69) is 15.3 Å². The minimum absolute atomic E-state index is 0.224. The Kier molecular flexibility index (Phi) is 5.81. The zero-order valence-corrected chi connectivity index (χ0v) is 17.5. The third-order valence-electron chi connectivity index (χ3n) is 4.30. The maximum absolute atomic E-state index is 12.9. The van der Waals surface area contributed by atoms with Crippen molar-refractivity contribution in [3.63, 3.8) is 0 Å². The van der Waals surface area contributed by atoms with Crippen LogP contribution in [-0.2, 0) is 0 Å². The number of carbonyl (C=O) groups is 1. The number of benzene rings is 1. The highest BCUT2D eigenvalue weighted by molar-refractivity contribution is 7.20. The van der Waals surface area contributed by atoms with E-state index in [1.54, 1.807) is 13.8 Å². The number of ether oxygens (including phenoxy) is 1. The summed E-state index contributed by atoms with van der Waals surface area (Å²) < 4.78 is 5.84. The highest BCUT2D eigenvalue weighted by Gasteiger charge is 2.20. The monoisotopic (exact) mass is 400 g/mol. The number of hydrogen-bond acceptors (Lipinski definition) is 6. The molecule has 1 amide bonds. The van der Waals surface area contributed by atoms with Crippen molar-refractivity contribution in [3.8, 4) is 5.75 Å². The quantitative estimate of drug-likeness (QED) is 0.664. The lowest BCUT2D eigenvalue weighted by Gasteiger charge is -2.15. The number of H-pyrrole nitrogens is 1. The average molecular weight is 401 g/mol. The van der Waals surface area contributed by atoms with Crippen LogP contribution in [0.3, 0.4) is 0 Å². The Balaban J connectivity index is 1.90. The second-order valence-corrected chi connectivity index (χ2v) is 7.99. The van der Waals surface area contributed by atoms with E-state index in [9.17, 15) is 9.59 Å². The molecule has 0 bridgehead atoms. The smallest absolute Gasteiger partial charge is 0.266 e. The van der Waals surface area contributed by atoms with Crippen LogP contribution in [0.4, 0.5) is 5.69 Å². The van der Waals surface area contributed by atoms with Crippen molar-refractivity contribution in [2.45, 2.75) is 20.8 Å². The number of fused-ring (bicyclic) bond motifs is 1. The van der Waals surface area contributed by atoms with E-state index in [-0.39, 0.29) is 11.5 Å². The van der Waals surface area contributed by atoms with E-state index in [4.69, 9.17) is 4.74 Å². The van der Waals surface area contributed by atoms with Gasteiger partial charge in [-0.1, -0.05) is 6.07 Å². The normalized spacial score (nSPS) is 11.2. The molecule has 1 aromatic carbocycles. The van der Waals surface area contributed by atoms with Crippen LogP contribution in [0.5, 0.6) is 5.75 Å². The maximum Gasteiger partial charge on any atom is 0.266 e. The molecule has 0 fully saturated rings. The summed E-state index contributed by atoms with van der Waals surface area (Å²) in [5.74, 6) is 0.868. The van der Waals surface area contributed by atoms with Gasteiger partial charge >= 0.3 is 0 Å². The predicted octanol–water partition coefficient (Wildman–Crippen LogP) is 3.10. The number of nitrogens with one attached hydrogen (secondary N) is 2.